The van der Waals surface area contributed by atoms with Crippen LogP contribution in [0.15, 0.2) is 48.7 Å². The van der Waals surface area contributed by atoms with Gasteiger partial charge < -0.3 is 4.57 Å². The van der Waals surface area contributed by atoms with Gasteiger partial charge >= 0.3 is 0 Å². The molecule has 0 aliphatic carbocycles. The summed E-state index contributed by atoms with van der Waals surface area (Å²) in [6, 6.07) is 13.3. The number of aromatic nitrogens is 1. The van der Waals surface area contributed by atoms with E-state index in [-0.39, 0.29) is 10.8 Å². The molecule has 0 spiro atoms. The van der Waals surface area contributed by atoms with Gasteiger partial charge in [0.15, 0.2) is 0 Å². The zero-order chi connectivity index (χ0) is 13.4. The summed E-state index contributed by atoms with van der Waals surface area (Å²) >= 11 is 5.81. The van der Waals surface area contributed by atoms with Crippen LogP contribution in [0.5, 0.6) is 0 Å². The lowest BCUT2D eigenvalue weighted by atomic mass is 10.2. The maximum atomic E-state index is 13.1. The van der Waals surface area contributed by atoms with Gasteiger partial charge in [-0.25, -0.2) is 4.39 Å². The molecule has 0 unspecified atom stereocenters. The average Bonchev–Trinajstić information content (AvgIpc) is 2.76. The number of fused-ring (bicyclic) bond motifs is 1. The molecular formula is C16H13ClFN. The van der Waals surface area contributed by atoms with E-state index < -0.39 is 0 Å². The Morgan fingerprint density at radius 1 is 1.11 bits per heavy atom. The lowest BCUT2D eigenvalue weighted by Crippen LogP contribution is -1.98. The molecule has 0 aliphatic heterocycles. The second kappa shape index (κ2) is 4.71. The predicted octanol–water partition coefficient (Wildman–Crippen LogP) is 4.79. The molecule has 19 heavy (non-hydrogen) atoms. The smallest absolute Gasteiger partial charge is 0.141 e. The molecular weight excluding hydrogens is 261 g/mol. The summed E-state index contributed by atoms with van der Waals surface area (Å²) in [6.45, 7) is 2.77. The second-order valence-corrected chi connectivity index (χ2v) is 5.16. The number of rotatable bonds is 2. The molecule has 0 radical (unpaired) electrons. The number of hydrogen-bond acceptors (Lipinski definition) is 0. The van der Waals surface area contributed by atoms with E-state index in [1.54, 1.807) is 12.1 Å². The monoisotopic (exact) mass is 273 g/mol. The molecule has 0 atom stereocenters. The summed E-state index contributed by atoms with van der Waals surface area (Å²) in [7, 11) is 0. The van der Waals surface area contributed by atoms with Crippen LogP contribution in [0.25, 0.3) is 10.9 Å². The summed E-state index contributed by atoms with van der Waals surface area (Å²) in [5, 5.41) is 1.39. The number of halogens is 2. The highest BCUT2D eigenvalue weighted by molar-refractivity contribution is 6.30. The molecule has 2 aromatic carbocycles. The molecule has 0 fully saturated rings. The van der Waals surface area contributed by atoms with Gasteiger partial charge in [0.2, 0.25) is 0 Å². The molecule has 0 amide bonds. The first-order valence-electron chi connectivity index (χ1n) is 6.13. The highest BCUT2D eigenvalue weighted by atomic mass is 35.5. The zero-order valence-electron chi connectivity index (χ0n) is 10.5. The van der Waals surface area contributed by atoms with Crippen LogP contribution >= 0.6 is 11.6 Å². The SMILES string of the molecule is Cc1ccc2c(ccn2Cc2ccc(F)c(Cl)c2)c1. The quantitative estimate of drug-likeness (QED) is 0.633. The Morgan fingerprint density at radius 2 is 1.95 bits per heavy atom. The van der Waals surface area contributed by atoms with E-state index >= 15 is 0 Å². The third-order valence-corrected chi connectivity index (χ3v) is 3.55. The van der Waals surface area contributed by atoms with Gasteiger partial charge in [0.25, 0.3) is 0 Å². The van der Waals surface area contributed by atoms with Crippen molar-refractivity contribution in [2.24, 2.45) is 0 Å². The van der Waals surface area contributed by atoms with Gasteiger partial charge in [-0.2, -0.15) is 0 Å². The normalized spacial score (nSPS) is 11.1. The molecule has 0 saturated heterocycles. The topological polar surface area (TPSA) is 4.93 Å². The van der Waals surface area contributed by atoms with Crippen LogP contribution in [0.4, 0.5) is 4.39 Å². The van der Waals surface area contributed by atoms with Gasteiger partial charge in [0, 0.05) is 18.3 Å². The Morgan fingerprint density at radius 3 is 2.74 bits per heavy atom. The predicted molar refractivity (Wildman–Crippen MR) is 77.2 cm³/mol. The minimum Gasteiger partial charge on any atom is -0.343 e. The zero-order valence-corrected chi connectivity index (χ0v) is 11.3. The highest BCUT2D eigenvalue weighted by Gasteiger charge is 2.04. The van der Waals surface area contributed by atoms with Gasteiger partial charge in [-0.3, -0.25) is 0 Å². The van der Waals surface area contributed by atoms with Crippen molar-refractivity contribution in [3.63, 3.8) is 0 Å². The molecule has 1 aromatic heterocycles. The Balaban J connectivity index is 1.98. The fourth-order valence-corrected chi connectivity index (χ4v) is 2.50. The molecule has 1 heterocycles. The molecule has 3 aromatic rings. The van der Waals surface area contributed by atoms with Crippen LogP contribution in [-0.4, -0.2) is 4.57 Å². The summed E-state index contributed by atoms with van der Waals surface area (Å²) in [5.41, 5.74) is 3.41. The molecule has 3 rings (SSSR count). The molecule has 0 N–H and O–H groups in total. The van der Waals surface area contributed by atoms with E-state index in [1.807, 2.05) is 6.20 Å². The first kappa shape index (κ1) is 12.2. The Bertz CT molecular complexity index is 746. The van der Waals surface area contributed by atoms with Crippen LogP contribution in [0.3, 0.4) is 0 Å². The molecule has 1 nitrogen and oxygen atoms in total. The van der Waals surface area contributed by atoms with E-state index in [0.29, 0.717) is 6.54 Å². The van der Waals surface area contributed by atoms with Crippen LogP contribution in [0, 0.1) is 12.7 Å². The number of aryl methyl sites for hydroxylation is 1. The number of hydrogen-bond donors (Lipinski definition) is 0. The van der Waals surface area contributed by atoms with Gasteiger partial charge in [-0.15, -0.1) is 0 Å². The number of benzene rings is 2. The summed E-state index contributed by atoms with van der Waals surface area (Å²) in [5.74, 6) is -0.376. The first-order chi connectivity index (χ1) is 9.13. The van der Waals surface area contributed by atoms with Crippen LogP contribution in [-0.2, 0) is 6.54 Å². The molecule has 0 aliphatic rings. The summed E-state index contributed by atoms with van der Waals surface area (Å²) in [4.78, 5) is 0. The summed E-state index contributed by atoms with van der Waals surface area (Å²) in [6.07, 6.45) is 2.04. The van der Waals surface area contributed by atoms with Gasteiger partial charge in [0.05, 0.1) is 5.02 Å². The van der Waals surface area contributed by atoms with Crippen LogP contribution < -0.4 is 0 Å². The Labute approximate surface area is 116 Å². The van der Waals surface area contributed by atoms with Crippen molar-refractivity contribution in [2.75, 3.05) is 0 Å². The second-order valence-electron chi connectivity index (χ2n) is 4.75. The van der Waals surface area contributed by atoms with Crippen molar-refractivity contribution in [1.82, 2.24) is 4.57 Å². The largest absolute Gasteiger partial charge is 0.343 e. The minimum atomic E-state index is -0.376. The van der Waals surface area contributed by atoms with Crippen molar-refractivity contribution in [1.29, 1.82) is 0 Å². The van der Waals surface area contributed by atoms with Crippen molar-refractivity contribution < 1.29 is 4.39 Å². The van der Waals surface area contributed by atoms with Gasteiger partial charge in [-0.1, -0.05) is 29.3 Å². The van der Waals surface area contributed by atoms with E-state index in [1.165, 1.54) is 22.5 Å². The number of nitrogens with zero attached hydrogens (tertiary/aromatic N) is 1. The van der Waals surface area contributed by atoms with Gasteiger partial charge in [-0.05, 0) is 48.2 Å². The highest BCUT2D eigenvalue weighted by Crippen LogP contribution is 2.21. The molecule has 3 heteroatoms. The van der Waals surface area contributed by atoms with Crippen molar-refractivity contribution in [3.05, 3.63) is 70.6 Å². The molecule has 96 valence electrons. The Kier molecular flexibility index (Phi) is 3.03. The molecule has 0 bridgehead atoms. The Hall–Kier alpha value is -1.80. The van der Waals surface area contributed by atoms with E-state index in [0.717, 1.165) is 5.56 Å². The average molecular weight is 274 g/mol. The third-order valence-electron chi connectivity index (χ3n) is 3.26. The molecule has 0 saturated carbocycles. The maximum absolute atomic E-state index is 13.1. The van der Waals surface area contributed by atoms with E-state index in [9.17, 15) is 4.39 Å². The van der Waals surface area contributed by atoms with Crippen LogP contribution in [0.2, 0.25) is 5.02 Å². The van der Waals surface area contributed by atoms with E-state index in [4.69, 9.17) is 11.6 Å². The van der Waals surface area contributed by atoms with E-state index in [2.05, 4.69) is 35.8 Å². The lowest BCUT2D eigenvalue weighted by molar-refractivity contribution is 0.627. The first-order valence-corrected chi connectivity index (χ1v) is 6.51. The minimum absolute atomic E-state index is 0.171. The third kappa shape index (κ3) is 2.36. The van der Waals surface area contributed by atoms with Crippen molar-refractivity contribution in [3.8, 4) is 0 Å². The standard InChI is InChI=1S/C16H13ClFN/c1-11-2-5-16-13(8-11)6-7-19(16)10-12-3-4-15(18)14(17)9-12/h2-9H,10H2,1H3. The van der Waals surface area contributed by atoms with Crippen LogP contribution in [0.1, 0.15) is 11.1 Å². The fourth-order valence-electron chi connectivity index (χ4n) is 2.29. The van der Waals surface area contributed by atoms with Crippen molar-refractivity contribution in [2.45, 2.75) is 13.5 Å². The maximum Gasteiger partial charge on any atom is 0.141 e. The summed E-state index contributed by atoms with van der Waals surface area (Å²) < 4.78 is 15.3. The van der Waals surface area contributed by atoms with Crippen molar-refractivity contribution >= 4 is 22.5 Å². The van der Waals surface area contributed by atoms with Gasteiger partial charge in [0.1, 0.15) is 5.82 Å². The lowest BCUT2D eigenvalue weighted by Gasteiger charge is -2.07. The fraction of sp³-hybridized carbons (Fsp3) is 0.125.